The van der Waals surface area contributed by atoms with Crippen LogP contribution in [0.4, 0.5) is 5.82 Å². The fourth-order valence-corrected chi connectivity index (χ4v) is 2.53. The minimum atomic E-state index is -0.383. The number of benzene rings is 1. The number of hydrogen-bond donors (Lipinski definition) is 1. The van der Waals surface area contributed by atoms with E-state index in [9.17, 15) is 9.59 Å². The van der Waals surface area contributed by atoms with Gasteiger partial charge < -0.3 is 19.6 Å². The third kappa shape index (κ3) is 5.74. The molecule has 9 heteroatoms. The Labute approximate surface area is 155 Å². The molecule has 1 aromatic heterocycles. The molecule has 2 rings (SSSR count). The number of nitrogens with zero attached hydrogens (tertiary/aromatic N) is 3. The highest BCUT2D eigenvalue weighted by molar-refractivity contribution is 6.36. The van der Waals surface area contributed by atoms with E-state index >= 15 is 0 Å². The largest absolute Gasteiger partial charge is 0.363 e. The number of hydrogen-bond acceptors (Lipinski definition) is 5. The summed E-state index contributed by atoms with van der Waals surface area (Å²) in [5.74, 6) is -0.445. The van der Waals surface area contributed by atoms with E-state index in [0.717, 1.165) is 0 Å². The summed E-state index contributed by atoms with van der Waals surface area (Å²) < 4.78 is 4.66. The third-order valence-electron chi connectivity index (χ3n) is 3.31. The summed E-state index contributed by atoms with van der Waals surface area (Å²) in [5, 5.41) is 6.85. The number of carbonyl (C=O) groups is 2. The van der Waals surface area contributed by atoms with Gasteiger partial charge in [-0.05, 0) is 32.3 Å². The number of halogens is 2. The monoisotopic (exact) mass is 384 g/mol. The lowest BCUT2D eigenvalue weighted by molar-refractivity contribution is -0.117. The molecule has 0 aliphatic carbocycles. The van der Waals surface area contributed by atoms with Gasteiger partial charge in [0.25, 0.3) is 5.91 Å². The van der Waals surface area contributed by atoms with Crippen molar-refractivity contribution in [3.05, 3.63) is 46.1 Å². The number of rotatable bonds is 7. The Balaban J connectivity index is 2.13. The summed E-state index contributed by atoms with van der Waals surface area (Å²) in [6.45, 7) is 0.809. The highest BCUT2D eigenvalue weighted by atomic mass is 35.5. The Bertz CT molecular complexity index is 735. The fourth-order valence-electron chi connectivity index (χ4n) is 2.04. The van der Waals surface area contributed by atoms with Crippen molar-refractivity contribution in [2.24, 2.45) is 0 Å². The van der Waals surface area contributed by atoms with Crippen LogP contribution in [0.25, 0.3) is 0 Å². The Morgan fingerprint density at radius 1 is 1.20 bits per heavy atom. The molecular weight excluding hydrogens is 367 g/mol. The molecule has 0 unspecified atom stereocenters. The van der Waals surface area contributed by atoms with E-state index in [-0.39, 0.29) is 29.2 Å². The van der Waals surface area contributed by atoms with Gasteiger partial charge in [-0.25, -0.2) is 0 Å². The van der Waals surface area contributed by atoms with Gasteiger partial charge in [-0.3, -0.25) is 9.59 Å². The first-order chi connectivity index (χ1) is 11.9. The van der Waals surface area contributed by atoms with Gasteiger partial charge in [0, 0.05) is 24.2 Å². The number of anilines is 1. The number of likely N-dealkylation sites (N-methyl/N-ethyl adjacent to an activating group) is 1. The molecule has 1 aromatic carbocycles. The van der Waals surface area contributed by atoms with Crippen LogP contribution in [0.3, 0.4) is 0 Å². The first kappa shape index (κ1) is 19.2. The second-order valence-electron chi connectivity index (χ2n) is 5.59. The number of carbonyl (C=O) groups excluding carboxylic acids is 2. The lowest BCUT2D eigenvalue weighted by Crippen LogP contribution is -2.41. The van der Waals surface area contributed by atoms with E-state index in [1.807, 2.05) is 19.0 Å². The van der Waals surface area contributed by atoms with Crippen molar-refractivity contribution in [1.29, 1.82) is 0 Å². The van der Waals surface area contributed by atoms with E-state index < -0.39 is 0 Å². The smallest absolute Gasteiger partial charge is 0.255 e. The summed E-state index contributed by atoms with van der Waals surface area (Å²) in [5.41, 5.74) is 0.291. The molecule has 0 saturated carbocycles. The van der Waals surface area contributed by atoms with Crippen molar-refractivity contribution in [1.82, 2.24) is 15.0 Å². The molecule has 0 saturated heterocycles. The Hall–Kier alpha value is -2.09. The molecule has 0 radical (unpaired) electrons. The van der Waals surface area contributed by atoms with Crippen LogP contribution in [-0.2, 0) is 4.79 Å². The van der Waals surface area contributed by atoms with Crippen molar-refractivity contribution in [2.75, 3.05) is 39.0 Å². The fraction of sp³-hybridized carbons (Fsp3) is 0.312. The van der Waals surface area contributed by atoms with Crippen molar-refractivity contribution in [3.8, 4) is 0 Å². The molecule has 0 aliphatic rings. The Kier molecular flexibility index (Phi) is 6.81. The van der Waals surface area contributed by atoms with Crippen LogP contribution in [0.2, 0.25) is 10.0 Å². The van der Waals surface area contributed by atoms with E-state index in [1.165, 1.54) is 23.3 Å². The zero-order valence-corrected chi connectivity index (χ0v) is 15.3. The van der Waals surface area contributed by atoms with Gasteiger partial charge in [0.15, 0.2) is 5.82 Å². The molecule has 25 heavy (non-hydrogen) atoms. The summed E-state index contributed by atoms with van der Waals surface area (Å²) in [7, 11) is 3.76. The summed E-state index contributed by atoms with van der Waals surface area (Å²) >= 11 is 12.0. The van der Waals surface area contributed by atoms with Gasteiger partial charge in [-0.15, -0.1) is 0 Å². The number of nitrogens with one attached hydrogen (secondary N) is 1. The zero-order chi connectivity index (χ0) is 18.4. The van der Waals surface area contributed by atoms with Gasteiger partial charge >= 0.3 is 0 Å². The van der Waals surface area contributed by atoms with E-state index in [4.69, 9.17) is 23.2 Å². The Morgan fingerprint density at radius 2 is 1.96 bits per heavy atom. The van der Waals surface area contributed by atoms with Crippen LogP contribution in [0.15, 0.2) is 35.1 Å². The summed E-state index contributed by atoms with van der Waals surface area (Å²) in [6, 6.07) is 6.14. The van der Waals surface area contributed by atoms with E-state index in [2.05, 4.69) is 15.0 Å². The minimum absolute atomic E-state index is 0.140. The number of amides is 2. The molecular formula is C16H18Cl2N4O3. The highest BCUT2D eigenvalue weighted by Gasteiger charge is 2.21. The minimum Gasteiger partial charge on any atom is -0.363 e. The van der Waals surface area contributed by atoms with Crippen molar-refractivity contribution in [2.45, 2.75) is 0 Å². The van der Waals surface area contributed by atoms with Crippen molar-refractivity contribution in [3.63, 3.8) is 0 Å². The molecule has 7 nitrogen and oxygen atoms in total. The lowest BCUT2D eigenvalue weighted by Gasteiger charge is -2.24. The molecule has 0 spiro atoms. The van der Waals surface area contributed by atoms with Gasteiger partial charge in [0.1, 0.15) is 12.8 Å². The molecule has 1 heterocycles. The predicted octanol–water partition coefficient (Wildman–Crippen LogP) is 2.62. The third-order valence-corrected chi connectivity index (χ3v) is 3.85. The van der Waals surface area contributed by atoms with Gasteiger partial charge in [-0.1, -0.05) is 28.4 Å². The van der Waals surface area contributed by atoms with Crippen molar-refractivity contribution >= 4 is 40.8 Å². The molecule has 0 fully saturated rings. The zero-order valence-electron chi connectivity index (χ0n) is 13.8. The molecule has 134 valence electrons. The molecule has 0 bridgehead atoms. The van der Waals surface area contributed by atoms with Crippen LogP contribution < -0.4 is 5.32 Å². The maximum Gasteiger partial charge on any atom is 0.255 e. The molecule has 1 N–H and O–H groups in total. The van der Waals surface area contributed by atoms with E-state index in [1.54, 1.807) is 12.1 Å². The van der Waals surface area contributed by atoms with Crippen LogP contribution >= 0.6 is 23.2 Å². The van der Waals surface area contributed by atoms with Gasteiger partial charge in [0.05, 0.1) is 10.6 Å². The number of aromatic nitrogens is 1. The highest BCUT2D eigenvalue weighted by Crippen LogP contribution is 2.22. The SMILES string of the molecule is CN(C)CCN(CC(=O)Nc1ccon1)C(=O)c1ccc(Cl)cc1Cl. The van der Waals surface area contributed by atoms with Gasteiger partial charge in [0.2, 0.25) is 5.91 Å². The Morgan fingerprint density at radius 3 is 2.56 bits per heavy atom. The normalized spacial score (nSPS) is 10.8. The standard InChI is InChI=1S/C16H18Cl2N4O3/c1-21(2)6-7-22(10-15(23)19-14-5-8-25-20-14)16(24)12-4-3-11(17)9-13(12)18/h3-5,8-9H,6-7,10H2,1-2H3,(H,19,20,23). The van der Waals surface area contributed by atoms with Crippen LogP contribution in [0.1, 0.15) is 10.4 Å². The maximum absolute atomic E-state index is 12.8. The molecule has 0 aliphatic heterocycles. The first-order valence-corrected chi connectivity index (χ1v) is 8.21. The summed E-state index contributed by atoms with van der Waals surface area (Å²) in [4.78, 5) is 28.3. The average Bonchev–Trinajstić information content (AvgIpc) is 3.03. The average molecular weight is 385 g/mol. The lowest BCUT2D eigenvalue weighted by atomic mass is 10.2. The maximum atomic E-state index is 12.8. The van der Waals surface area contributed by atoms with Gasteiger partial charge in [-0.2, -0.15) is 0 Å². The molecule has 0 atom stereocenters. The second-order valence-corrected chi connectivity index (χ2v) is 6.43. The molecule has 2 aromatic rings. The van der Waals surface area contributed by atoms with Crippen LogP contribution in [0, 0.1) is 0 Å². The van der Waals surface area contributed by atoms with Crippen LogP contribution in [-0.4, -0.2) is 60.5 Å². The topological polar surface area (TPSA) is 78.7 Å². The molecule has 2 amide bonds. The quantitative estimate of drug-likeness (QED) is 0.793. The van der Waals surface area contributed by atoms with E-state index in [0.29, 0.717) is 23.7 Å². The van der Waals surface area contributed by atoms with Crippen LogP contribution in [0.5, 0.6) is 0 Å². The first-order valence-electron chi connectivity index (χ1n) is 7.46. The van der Waals surface area contributed by atoms with Crippen molar-refractivity contribution < 1.29 is 14.1 Å². The predicted molar refractivity (Wildman–Crippen MR) is 96.1 cm³/mol. The second kappa shape index (κ2) is 8.84. The summed E-state index contributed by atoms with van der Waals surface area (Å²) in [6.07, 6.45) is 1.35.